The highest BCUT2D eigenvalue weighted by atomic mass is 19.1. The van der Waals surface area contributed by atoms with Crippen LogP contribution >= 0.6 is 0 Å². The number of hydrogen-bond acceptors (Lipinski definition) is 5. The molecule has 5 aromatic rings. The molecule has 1 aliphatic rings. The number of amides is 1. The molecule has 1 aliphatic heterocycles. The Balaban J connectivity index is 1.27. The van der Waals surface area contributed by atoms with Crippen LogP contribution in [0.5, 0.6) is 0 Å². The second kappa shape index (κ2) is 10.6. The maximum atomic E-state index is 13.9. The largest absolute Gasteiger partial charge is 0.340 e. The average Bonchev–Trinajstić information content (AvgIpc) is 3.26. The molecule has 0 unspecified atom stereocenters. The van der Waals surface area contributed by atoms with Crippen LogP contribution in [-0.2, 0) is 24.2 Å². The Kier molecular flexibility index (Phi) is 6.67. The Morgan fingerprint density at radius 3 is 2.33 bits per heavy atom. The van der Waals surface area contributed by atoms with E-state index in [0.717, 1.165) is 28.1 Å². The van der Waals surface area contributed by atoms with Crippen molar-refractivity contribution >= 4 is 5.91 Å². The molecule has 8 heteroatoms. The lowest BCUT2D eigenvalue weighted by Crippen LogP contribution is -2.36. The zero-order valence-electron chi connectivity index (χ0n) is 21.6. The van der Waals surface area contributed by atoms with Crippen molar-refractivity contribution in [2.45, 2.75) is 26.3 Å². The molecule has 0 saturated heterocycles. The monoisotopic (exact) mass is 518 g/mol. The van der Waals surface area contributed by atoms with Gasteiger partial charge in [-0.1, -0.05) is 60.7 Å². The molecule has 0 radical (unpaired) electrons. The normalized spacial score (nSPS) is 13.1. The minimum absolute atomic E-state index is 0.0408. The Hall–Kier alpha value is -4.72. The van der Waals surface area contributed by atoms with Gasteiger partial charge < -0.3 is 4.90 Å². The molecule has 7 nitrogen and oxygen atoms in total. The van der Waals surface area contributed by atoms with Gasteiger partial charge in [0.05, 0.1) is 5.69 Å². The molecule has 3 heterocycles. The summed E-state index contributed by atoms with van der Waals surface area (Å²) in [6.07, 6.45) is 2.94. The van der Waals surface area contributed by atoms with Crippen molar-refractivity contribution in [1.82, 2.24) is 29.6 Å². The molecule has 0 atom stereocenters. The smallest absolute Gasteiger partial charge is 0.244 e. The van der Waals surface area contributed by atoms with Gasteiger partial charge in [0.15, 0.2) is 11.6 Å². The second-order valence-electron chi connectivity index (χ2n) is 9.64. The van der Waals surface area contributed by atoms with E-state index in [1.54, 1.807) is 30.1 Å². The number of fused-ring (bicyclic) bond motifs is 1. The zero-order chi connectivity index (χ0) is 26.8. The van der Waals surface area contributed by atoms with Crippen molar-refractivity contribution in [2.24, 2.45) is 0 Å². The molecule has 0 bridgehead atoms. The van der Waals surface area contributed by atoms with E-state index < -0.39 is 0 Å². The summed E-state index contributed by atoms with van der Waals surface area (Å²) in [5.41, 5.74) is 6.13. The van der Waals surface area contributed by atoms with Crippen LogP contribution in [0.1, 0.15) is 16.8 Å². The van der Waals surface area contributed by atoms with Crippen molar-refractivity contribution in [2.75, 3.05) is 13.1 Å². The van der Waals surface area contributed by atoms with Gasteiger partial charge in [-0.25, -0.2) is 24.0 Å². The minimum atomic E-state index is -0.279. The fourth-order valence-electron chi connectivity index (χ4n) is 5.01. The Morgan fingerprint density at radius 1 is 0.872 bits per heavy atom. The molecular weight excluding hydrogens is 491 g/mol. The van der Waals surface area contributed by atoms with Gasteiger partial charge in [0.2, 0.25) is 5.91 Å². The number of carbonyl (C=O) groups is 1. The summed E-state index contributed by atoms with van der Waals surface area (Å²) in [6, 6.07) is 24.6. The van der Waals surface area contributed by atoms with Gasteiger partial charge in [0.25, 0.3) is 0 Å². The summed E-state index contributed by atoms with van der Waals surface area (Å²) in [4.78, 5) is 29.3. The lowest BCUT2D eigenvalue weighted by atomic mass is 10.0. The van der Waals surface area contributed by atoms with Crippen LogP contribution in [0.25, 0.3) is 34.0 Å². The number of halogens is 1. The average molecular weight is 519 g/mol. The molecule has 2 aromatic heterocycles. The van der Waals surface area contributed by atoms with E-state index in [-0.39, 0.29) is 18.3 Å². The third-order valence-electron chi connectivity index (χ3n) is 7.09. The number of hydrogen-bond donors (Lipinski definition) is 0. The van der Waals surface area contributed by atoms with Gasteiger partial charge in [-0.05, 0) is 37.1 Å². The first-order chi connectivity index (χ1) is 19.1. The predicted octanol–water partition coefficient (Wildman–Crippen LogP) is 5.14. The first-order valence-electron chi connectivity index (χ1n) is 13.0. The Labute approximate surface area is 226 Å². The summed E-state index contributed by atoms with van der Waals surface area (Å²) in [5, 5.41) is 4.69. The van der Waals surface area contributed by atoms with Crippen LogP contribution in [0.4, 0.5) is 4.39 Å². The quantitative estimate of drug-likeness (QED) is 0.322. The van der Waals surface area contributed by atoms with Crippen molar-refractivity contribution in [3.63, 3.8) is 0 Å². The standard InChI is InChI=1S/C31H27FN6O/c1-21-18-24(12-13-26(21)32)30-35-31(23-10-6-3-7-11-23)38(36-30)19-28(39)37-16-14-25-27(15-17-37)33-20-34-29(25)22-8-4-2-5-9-22/h2-13,18,20H,14-17,19H2,1H3. The Morgan fingerprint density at radius 2 is 1.59 bits per heavy atom. The fraction of sp³-hybridized carbons (Fsp3) is 0.194. The van der Waals surface area contributed by atoms with E-state index in [0.29, 0.717) is 48.7 Å². The topological polar surface area (TPSA) is 76.8 Å². The molecule has 0 saturated carbocycles. The summed E-state index contributed by atoms with van der Waals surface area (Å²) < 4.78 is 15.5. The van der Waals surface area contributed by atoms with Crippen LogP contribution in [0.15, 0.2) is 85.2 Å². The molecule has 39 heavy (non-hydrogen) atoms. The number of aromatic nitrogens is 5. The first-order valence-corrected chi connectivity index (χ1v) is 13.0. The first kappa shape index (κ1) is 24.6. The number of nitrogens with zero attached hydrogens (tertiary/aromatic N) is 6. The van der Waals surface area contributed by atoms with E-state index in [9.17, 15) is 9.18 Å². The third-order valence-corrected chi connectivity index (χ3v) is 7.09. The van der Waals surface area contributed by atoms with Crippen molar-refractivity contribution in [3.8, 4) is 34.0 Å². The van der Waals surface area contributed by atoms with E-state index in [1.165, 1.54) is 6.07 Å². The van der Waals surface area contributed by atoms with Gasteiger partial charge in [-0.3, -0.25) is 4.79 Å². The van der Waals surface area contributed by atoms with Crippen LogP contribution in [0.2, 0.25) is 0 Å². The number of rotatable bonds is 5. The molecule has 194 valence electrons. The van der Waals surface area contributed by atoms with Crippen LogP contribution in [-0.4, -0.2) is 48.6 Å². The van der Waals surface area contributed by atoms with Gasteiger partial charge >= 0.3 is 0 Å². The fourth-order valence-corrected chi connectivity index (χ4v) is 5.01. The van der Waals surface area contributed by atoms with Gasteiger partial charge in [0.1, 0.15) is 18.7 Å². The molecule has 6 rings (SSSR count). The summed E-state index contributed by atoms with van der Waals surface area (Å²) in [7, 11) is 0. The highest BCUT2D eigenvalue weighted by Crippen LogP contribution is 2.27. The molecule has 3 aromatic carbocycles. The molecule has 1 amide bonds. The summed E-state index contributed by atoms with van der Waals surface area (Å²) in [5.74, 6) is 0.729. The van der Waals surface area contributed by atoms with Crippen molar-refractivity contribution in [3.05, 3.63) is 108 Å². The van der Waals surface area contributed by atoms with Gasteiger partial charge in [-0.2, -0.15) is 0 Å². The molecule has 0 spiro atoms. The predicted molar refractivity (Wildman–Crippen MR) is 147 cm³/mol. The molecule has 0 N–H and O–H groups in total. The number of benzene rings is 3. The van der Waals surface area contributed by atoms with Crippen molar-refractivity contribution in [1.29, 1.82) is 0 Å². The second-order valence-corrected chi connectivity index (χ2v) is 9.64. The summed E-state index contributed by atoms with van der Waals surface area (Å²) >= 11 is 0. The Bertz CT molecular complexity index is 1630. The maximum absolute atomic E-state index is 13.9. The minimum Gasteiger partial charge on any atom is -0.340 e. The van der Waals surface area contributed by atoms with Crippen LogP contribution in [0.3, 0.4) is 0 Å². The number of aryl methyl sites for hydroxylation is 1. The molecular formula is C31H27FN6O. The molecule has 0 aliphatic carbocycles. The van der Waals surface area contributed by atoms with Gasteiger partial charge in [0, 0.05) is 47.5 Å². The number of carbonyl (C=O) groups excluding carboxylic acids is 1. The van der Waals surface area contributed by atoms with Crippen LogP contribution in [0, 0.1) is 12.7 Å². The maximum Gasteiger partial charge on any atom is 0.244 e. The lowest BCUT2D eigenvalue weighted by molar-refractivity contribution is -0.131. The lowest BCUT2D eigenvalue weighted by Gasteiger charge is -2.20. The highest BCUT2D eigenvalue weighted by Gasteiger charge is 2.24. The van der Waals surface area contributed by atoms with Crippen molar-refractivity contribution < 1.29 is 9.18 Å². The van der Waals surface area contributed by atoms with E-state index >= 15 is 0 Å². The van der Waals surface area contributed by atoms with E-state index in [1.807, 2.05) is 65.6 Å². The SMILES string of the molecule is Cc1cc(-c2nc(-c3ccccc3)n(CC(=O)N3CCc4ncnc(-c5ccccc5)c4CC3)n2)ccc1F. The summed E-state index contributed by atoms with van der Waals surface area (Å²) in [6.45, 7) is 2.89. The molecule has 0 fully saturated rings. The third kappa shape index (κ3) is 5.05. The van der Waals surface area contributed by atoms with Gasteiger partial charge in [-0.15, -0.1) is 5.10 Å². The van der Waals surface area contributed by atoms with E-state index in [4.69, 9.17) is 10.1 Å². The van der Waals surface area contributed by atoms with Crippen LogP contribution < -0.4 is 0 Å². The van der Waals surface area contributed by atoms with E-state index in [2.05, 4.69) is 9.97 Å². The zero-order valence-corrected chi connectivity index (χ0v) is 21.6. The highest BCUT2D eigenvalue weighted by molar-refractivity contribution is 5.77.